The minimum atomic E-state index is 0.575. The molecular formula is C14H30N2. The second kappa shape index (κ2) is 7.29. The van der Waals surface area contributed by atoms with Crippen molar-refractivity contribution in [3.8, 4) is 0 Å². The highest BCUT2D eigenvalue weighted by atomic mass is 14.9. The van der Waals surface area contributed by atoms with E-state index < -0.39 is 0 Å². The lowest BCUT2D eigenvalue weighted by Crippen LogP contribution is -2.35. The molecule has 1 fully saturated rings. The summed E-state index contributed by atoms with van der Waals surface area (Å²) in [6, 6.07) is 0. The number of nitrogens with one attached hydrogen (secondary N) is 1. The first-order valence-corrected chi connectivity index (χ1v) is 7.07. The molecule has 0 amide bonds. The zero-order chi connectivity index (χ0) is 11.9. The first-order chi connectivity index (χ1) is 7.66. The van der Waals surface area contributed by atoms with Crippen LogP contribution in [0.1, 0.15) is 58.8 Å². The van der Waals surface area contributed by atoms with Crippen LogP contribution in [-0.2, 0) is 0 Å². The van der Waals surface area contributed by atoms with Gasteiger partial charge in [0.25, 0.3) is 0 Å². The molecular weight excluding hydrogens is 196 g/mol. The van der Waals surface area contributed by atoms with E-state index in [1.165, 1.54) is 51.5 Å². The lowest BCUT2D eigenvalue weighted by atomic mass is 9.75. The van der Waals surface area contributed by atoms with Crippen LogP contribution in [0.2, 0.25) is 0 Å². The third-order valence-electron chi connectivity index (χ3n) is 4.01. The van der Waals surface area contributed by atoms with E-state index >= 15 is 0 Å². The second-order valence-corrected chi connectivity index (χ2v) is 6.04. The average molecular weight is 226 g/mol. The fourth-order valence-corrected chi connectivity index (χ4v) is 2.77. The predicted octanol–water partition coefficient (Wildman–Crippen LogP) is 2.92. The van der Waals surface area contributed by atoms with Gasteiger partial charge in [-0.05, 0) is 50.1 Å². The van der Waals surface area contributed by atoms with Crippen LogP contribution in [0.15, 0.2) is 0 Å². The summed E-state index contributed by atoms with van der Waals surface area (Å²) in [5.41, 5.74) is 6.10. The Morgan fingerprint density at radius 3 is 2.56 bits per heavy atom. The maximum Gasteiger partial charge on any atom is 0.000527 e. The summed E-state index contributed by atoms with van der Waals surface area (Å²) in [5, 5.41) is 3.66. The standard InChI is InChI=1S/C14H30N2/c1-13(7-6-10-15)11-16-12-14(2)8-4-3-5-9-14/h13,16H,3-12,15H2,1-2H3. The van der Waals surface area contributed by atoms with Gasteiger partial charge in [-0.25, -0.2) is 0 Å². The van der Waals surface area contributed by atoms with Crippen LogP contribution in [0, 0.1) is 11.3 Å². The van der Waals surface area contributed by atoms with Gasteiger partial charge in [0.05, 0.1) is 0 Å². The molecule has 1 rings (SSSR count). The van der Waals surface area contributed by atoms with Crippen molar-refractivity contribution in [3.05, 3.63) is 0 Å². The summed E-state index contributed by atoms with van der Waals surface area (Å²) in [5.74, 6) is 0.774. The van der Waals surface area contributed by atoms with Crippen molar-refractivity contribution in [2.75, 3.05) is 19.6 Å². The molecule has 96 valence electrons. The van der Waals surface area contributed by atoms with Crippen molar-refractivity contribution in [2.45, 2.75) is 58.8 Å². The van der Waals surface area contributed by atoms with Crippen LogP contribution in [-0.4, -0.2) is 19.6 Å². The van der Waals surface area contributed by atoms with Crippen molar-refractivity contribution < 1.29 is 0 Å². The van der Waals surface area contributed by atoms with Gasteiger partial charge in [-0.1, -0.05) is 33.1 Å². The smallest absolute Gasteiger partial charge is 0.000527 e. The Kier molecular flexibility index (Phi) is 6.37. The molecule has 0 spiro atoms. The van der Waals surface area contributed by atoms with Crippen molar-refractivity contribution in [1.82, 2.24) is 5.32 Å². The van der Waals surface area contributed by atoms with Crippen LogP contribution in [0.4, 0.5) is 0 Å². The predicted molar refractivity (Wildman–Crippen MR) is 71.5 cm³/mol. The molecule has 1 aliphatic rings. The summed E-state index contributed by atoms with van der Waals surface area (Å²) >= 11 is 0. The first-order valence-electron chi connectivity index (χ1n) is 7.07. The molecule has 16 heavy (non-hydrogen) atoms. The van der Waals surface area contributed by atoms with E-state index in [1.807, 2.05) is 0 Å². The number of nitrogens with two attached hydrogens (primary N) is 1. The molecule has 2 nitrogen and oxygen atoms in total. The third kappa shape index (κ3) is 5.31. The SMILES string of the molecule is CC(CCCN)CNCC1(C)CCCCC1. The number of rotatable bonds is 7. The van der Waals surface area contributed by atoms with Gasteiger partial charge in [-0.3, -0.25) is 0 Å². The Labute approximate surface area is 101 Å². The molecule has 0 bridgehead atoms. The zero-order valence-corrected chi connectivity index (χ0v) is 11.2. The van der Waals surface area contributed by atoms with Crippen LogP contribution in [0.25, 0.3) is 0 Å². The molecule has 3 N–H and O–H groups in total. The Bertz CT molecular complexity index is 174. The molecule has 2 heteroatoms. The van der Waals surface area contributed by atoms with Crippen LogP contribution < -0.4 is 11.1 Å². The highest BCUT2D eigenvalue weighted by molar-refractivity contribution is 4.80. The monoisotopic (exact) mass is 226 g/mol. The Morgan fingerprint density at radius 2 is 1.94 bits per heavy atom. The largest absolute Gasteiger partial charge is 0.330 e. The van der Waals surface area contributed by atoms with E-state index in [-0.39, 0.29) is 0 Å². The van der Waals surface area contributed by atoms with E-state index in [4.69, 9.17) is 5.73 Å². The van der Waals surface area contributed by atoms with Gasteiger partial charge >= 0.3 is 0 Å². The van der Waals surface area contributed by atoms with Gasteiger partial charge in [-0.2, -0.15) is 0 Å². The summed E-state index contributed by atoms with van der Waals surface area (Å²) in [6.45, 7) is 7.98. The highest BCUT2D eigenvalue weighted by Gasteiger charge is 2.26. The summed E-state index contributed by atoms with van der Waals surface area (Å²) in [6.07, 6.45) is 9.57. The normalized spacial score (nSPS) is 21.9. The van der Waals surface area contributed by atoms with Gasteiger partial charge in [0.1, 0.15) is 0 Å². The van der Waals surface area contributed by atoms with Crippen LogP contribution in [0.3, 0.4) is 0 Å². The molecule has 1 atom stereocenters. The van der Waals surface area contributed by atoms with E-state index in [1.54, 1.807) is 0 Å². The maximum atomic E-state index is 5.52. The molecule has 0 aromatic rings. The minimum absolute atomic E-state index is 0.575. The molecule has 1 unspecified atom stereocenters. The van der Waals surface area contributed by atoms with Gasteiger partial charge < -0.3 is 11.1 Å². The van der Waals surface area contributed by atoms with Gasteiger partial charge in [0.2, 0.25) is 0 Å². The maximum absolute atomic E-state index is 5.52. The van der Waals surface area contributed by atoms with Gasteiger partial charge in [0, 0.05) is 6.54 Å². The molecule has 0 saturated heterocycles. The van der Waals surface area contributed by atoms with Crippen LogP contribution >= 0.6 is 0 Å². The molecule has 1 aliphatic carbocycles. The topological polar surface area (TPSA) is 38.0 Å². The van der Waals surface area contributed by atoms with Gasteiger partial charge in [0.15, 0.2) is 0 Å². The van der Waals surface area contributed by atoms with Crippen LogP contribution in [0.5, 0.6) is 0 Å². The average Bonchev–Trinajstić information content (AvgIpc) is 2.27. The quantitative estimate of drug-likeness (QED) is 0.700. The minimum Gasteiger partial charge on any atom is -0.330 e. The van der Waals surface area contributed by atoms with Crippen molar-refractivity contribution in [2.24, 2.45) is 17.1 Å². The number of hydrogen-bond acceptors (Lipinski definition) is 2. The van der Waals surface area contributed by atoms with E-state index in [2.05, 4.69) is 19.2 Å². The summed E-state index contributed by atoms with van der Waals surface area (Å²) in [7, 11) is 0. The fraction of sp³-hybridized carbons (Fsp3) is 1.00. The summed E-state index contributed by atoms with van der Waals surface area (Å²) in [4.78, 5) is 0. The molecule has 0 aromatic carbocycles. The highest BCUT2D eigenvalue weighted by Crippen LogP contribution is 2.34. The van der Waals surface area contributed by atoms with E-state index in [0.717, 1.165) is 19.0 Å². The molecule has 0 radical (unpaired) electrons. The second-order valence-electron chi connectivity index (χ2n) is 6.04. The van der Waals surface area contributed by atoms with E-state index in [0.29, 0.717) is 5.41 Å². The van der Waals surface area contributed by atoms with Gasteiger partial charge in [-0.15, -0.1) is 0 Å². The molecule has 0 heterocycles. The third-order valence-corrected chi connectivity index (χ3v) is 4.01. The Morgan fingerprint density at radius 1 is 1.25 bits per heavy atom. The first kappa shape index (κ1) is 14.0. The Hall–Kier alpha value is -0.0800. The molecule has 0 aromatic heterocycles. The molecule has 0 aliphatic heterocycles. The van der Waals surface area contributed by atoms with Crippen molar-refractivity contribution in [1.29, 1.82) is 0 Å². The molecule has 1 saturated carbocycles. The zero-order valence-electron chi connectivity index (χ0n) is 11.2. The Balaban J connectivity index is 2.09. The van der Waals surface area contributed by atoms with Crippen molar-refractivity contribution in [3.63, 3.8) is 0 Å². The van der Waals surface area contributed by atoms with E-state index in [9.17, 15) is 0 Å². The lowest BCUT2D eigenvalue weighted by molar-refractivity contribution is 0.204. The number of hydrogen-bond donors (Lipinski definition) is 2. The lowest BCUT2D eigenvalue weighted by Gasteiger charge is -2.34. The van der Waals surface area contributed by atoms with Crippen molar-refractivity contribution >= 4 is 0 Å². The fourth-order valence-electron chi connectivity index (χ4n) is 2.77. The summed E-state index contributed by atoms with van der Waals surface area (Å²) < 4.78 is 0.